The van der Waals surface area contributed by atoms with E-state index in [1.165, 1.54) is 0 Å². The van der Waals surface area contributed by atoms with Crippen molar-refractivity contribution in [2.75, 3.05) is 13.2 Å². The SMILES string of the molecule is CC(C)C[C@H](NC(=O)[C@H](CO)NC(=O)[C@@H](N)CCC(=O)O)C(=O)N[C@@H](Cc1ccccc1)C(=O)N[C@@H](CCCN=C(N)N)C(=O)O. The van der Waals surface area contributed by atoms with Gasteiger partial charge >= 0.3 is 11.9 Å². The van der Waals surface area contributed by atoms with Gasteiger partial charge in [0.05, 0.1) is 12.6 Å². The summed E-state index contributed by atoms with van der Waals surface area (Å²) in [7, 11) is 0. The number of nitrogens with zero attached hydrogens (tertiary/aromatic N) is 1. The van der Waals surface area contributed by atoms with Gasteiger partial charge < -0.3 is 53.8 Å². The molecule has 0 saturated heterocycles. The molecule has 46 heavy (non-hydrogen) atoms. The van der Waals surface area contributed by atoms with Gasteiger partial charge in [0.2, 0.25) is 23.6 Å². The molecule has 0 aromatic heterocycles. The molecule has 1 aromatic rings. The highest BCUT2D eigenvalue weighted by atomic mass is 16.4. The van der Waals surface area contributed by atoms with E-state index in [2.05, 4.69) is 26.3 Å². The van der Waals surface area contributed by atoms with E-state index in [1.54, 1.807) is 44.2 Å². The number of rotatable bonds is 21. The number of carbonyl (C=O) groups excluding carboxylic acids is 4. The second-order valence-corrected chi connectivity index (χ2v) is 11.1. The van der Waals surface area contributed by atoms with E-state index in [0.29, 0.717) is 5.56 Å². The fraction of sp³-hybridized carbons (Fsp3) is 0.552. The molecule has 0 fully saturated rings. The topological polar surface area (TPSA) is 302 Å². The van der Waals surface area contributed by atoms with Crippen LogP contribution in [0.3, 0.4) is 0 Å². The molecule has 0 unspecified atom stereocenters. The first kappa shape index (κ1) is 39.3. The number of benzene rings is 1. The van der Waals surface area contributed by atoms with E-state index in [-0.39, 0.29) is 56.9 Å². The first-order valence-corrected chi connectivity index (χ1v) is 14.8. The normalized spacial score (nSPS) is 14.1. The molecule has 0 radical (unpaired) electrons. The number of carbonyl (C=O) groups is 6. The van der Waals surface area contributed by atoms with Crippen molar-refractivity contribution in [2.45, 2.75) is 82.6 Å². The molecule has 13 N–H and O–H groups in total. The lowest BCUT2D eigenvalue weighted by Gasteiger charge is -2.27. The van der Waals surface area contributed by atoms with E-state index >= 15 is 0 Å². The van der Waals surface area contributed by atoms with E-state index in [9.17, 15) is 39.0 Å². The number of guanidine groups is 1. The van der Waals surface area contributed by atoms with Crippen LogP contribution in [-0.4, -0.2) is 100 Å². The molecule has 0 aliphatic rings. The Morgan fingerprint density at radius 3 is 1.87 bits per heavy atom. The maximum absolute atomic E-state index is 13.5. The summed E-state index contributed by atoms with van der Waals surface area (Å²) in [4.78, 5) is 78.7. The van der Waals surface area contributed by atoms with Crippen molar-refractivity contribution in [1.82, 2.24) is 21.3 Å². The van der Waals surface area contributed by atoms with Crippen LogP contribution in [0.2, 0.25) is 0 Å². The predicted molar refractivity (Wildman–Crippen MR) is 167 cm³/mol. The number of aliphatic imine (C=N–C) groups is 1. The summed E-state index contributed by atoms with van der Waals surface area (Å²) in [5.74, 6) is -6.09. The van der Waals surface area contributed by atoms with Crippen LogP contribution in [0.4, 0.5) is 0 Å². The maximum Gasteiger partial charge on any atom is 0.326 e. The summed E-state index contributed by atoms with van der Waals surface area (Å²) < 4.78 is 0. The number of hydrogen-bond acceptors (Lipinski definition) is 9. The third-order valence-corrected chi connectivity index (χ3v) is 6.64. The van der Waals surface area contributed by atoms with Crippen LogP contribution in [-0.2, 0) is 35.2 Å². The third kappa shape index (κ3) is 15.3. The summed E-state index contributed by atoms with van der Waals surface area (Å²) in [5, 5.41) is 38.0. The molecule has 1 rings (SSSR count). The monoisotopic (exact) mass is 650 g/mol. The Kier molecular flexibility index (Phi) is 17.3. The summed E-state index contributed by atoms with van der Waals surface area (Å²) >= 11 is 0. The lowest BCUT2D eigenvalue weighted by Crippen LogP contribution is -2.59. The summed E-state index contributed by atoms with van der Waals surface area (Å²) in [5.41, 5.74) is 16.9. The Bertz CT molecular complexity index is 1210. The predicted octanol–water partition coefficient (Wildman–Crippen LogP) is -2.46. The zero-order chi connectivity index (χ0) is 34.8. The number of carboxylic acids is 2. The van der Waals surface area contributed by atoms with Gasteiger partial charge in [-0.05, 0) is 37.2 Å². The van der Waals surface area contributed by atoms with Gasteiger partial charge in [0.15, 0.2) is 5.96 Å². The molecule has 256 valence electrons. The molecule has 0 bridgehead atoms. The highest BCUT2D eigenvalue weighted by Crippen LogP contribution is 2.10. The number of nitrogens with one attached hydrogen (secondary N) is 4. The Balaban J connectivity index is 3.13. The van der Waals surface area contributed by atoms with Crippen molar-refractivity contribution in [1.29, 1.82) is 0 Å². The number of amides is 4. The van der Waals surface area contributed by atoms with E-state index in [1.807, 2.05) is 0 Å². The average molecular weight is 651 g/mol. The molecular formula is C29H46N8O9. The number of carboxylic acid groups (broad SMARTS) is 2. The van der Waals surface area contributed by atoms with Crippen LogP contribution < -0.4 is 38.5 Å². The number of aliphatic hydroxyl groups is 1. The van der Waals surface area contributed by atoms with Gasteiger partial charge in [-0.3, -0.25) is 29.0 Å². The second-order valence-electron chi connectivity index (χ2n) is 11.1. The van der Waals surface area contributed by atoms with Crippen molar-refractivity contribution in [3.05, 3.63) is 35.9 Å². The molecule has 0 aliphatic carbocycles. The Morgan fingerprint density at radius 1 is 0.783 bits per heavy atom. The van der Waals surface area contributed by atoms with E-state index < -0.39 is 72.4 Å². The van der Waals surface area contributed by atoms with Crippen molar-refractivity contribution < 1.29 is 44.1 Å². The third-order valence-electron chi connectivity index (χ3n) is 6.64. The molecule has 4 amide bonds. The molecule has 17 nitrogen and oxygen atoms in total. The number of aliphatic hydroxyl groups excluding tert-OH is 1. The molecule has 5 atom stereocenters. The number of hydrogen-bond donors (Lipinski definition) is 10. The van der Waals surface area contributed by atoms with Gasteiger partial charge in [0.25, 0.3) is 0 Å². The highest BCUT2D eigenvalue weighted by molar-refractivity contribution is 5.95. The van der Waals surface area contributed by atoms with E-state index in [0.717, 1.165) is 0 Å². The Morgan fingerprint density at radius 2 is 1.33 bits per heavy atom. The molecule has 1 aromatic carbocycles. The van der Waals surface area contributed by atoms with Crippen LogP contribution in [0.25, 0.3) is 0 Å². The van der Waals surface area contributed by atoms with Crippen LogP contribution >= 0.6 is 0 Å². The van der Waals surface area contributed by atoms with Gasteiger partial charge in [-0.2, -0.15) is 0 Å². The van der Waals surface area contributed by atoms with Gasteiger partial charge in [-0.15, -0.1) is 0 Å². The fourth-order valence-electron chi connectivity index (χ4n) is 4.22. The largest absolute Gasteiger partial charge is 0.481 e. The highest BCUT2D eigenvalue weighted by Gasteiger charge is 2.32. The molecular weight excluding hydrogens is 604 g/mol. The van der Waals surface area contributed by atoms with Crippen LogP contribution in [0.1, 0.15) is 51.5 Å². The molecule has 0 spiro atoms. The zero-order valence-electron chi connectivity index (χ0n) is 26.0. The summed E-state index contributed by atoms with van der Waals surface area (Å²) in [6, 6.07) is 2.12. The standard InChI is InChI=1S/C29H46N8O9/c1-16(2)13-20(35-27(44)22(15-38)37-24(41)18(30)10-11-23(39)40)25(42)36-21(14-17-7-4-3-5-8-17)26(43)34-19(28(45)46)9-6-12-33-29(31)32/h3-5,7-8,16,18-22,38H,6,9-15,30H2,1-2H3,(H,34,43)(H,35,44)(H,36,42)(H,37,41)(H,39,40)(H,45,46)(H4,31,32,33)/t18-,19-,20-,21-,22-/m0/s1. The van der Waals surface area contributed by atoms with E-state index in [4.69, 9.17) is 22.3 Å². The lowest BCUT2D eigenvalue weighted by atomic mass is 10.0. The number of aliphatic carboxylic acids is 2. The van der Waals surface area contributed by atoms with Crippen molar-refractivity contribution in [3.8, 4) is 0 Å². The minimum atomic E-state index is -1.51. The first-order chi connectivity index (χ1) is 21.6. The van der Waals surface area contributed by atoms with Crippen molar-refractivity contribution in [3.63, 3.8) is 0 Å². The molecule has 17 heteroatoms. The van der Waals surface area contributed by atoms with Crippen molar-refractivity contribution >= 4 is 41.5 Å². The van der Waals surface area contributed by atoms with Crippen LogP contribution in [0.5, 0.6) is 0 Å². The first-order valence-electron chi connectivity index (χ1n) is 14.8. The smallest absolute Gasteiger partial charge is 0.326 e. The maximum atomic E-state index is 13.5. The Labute approximate surface area is 266 Å². The van der Waals surface area contributed by atoms with Gasteiger partial charge in [0, 0.05) is 19.4 Å². The fourth-order valence-corrected chi connectivity index (χ4v) is 4.22. The summed E-state index contributed by atoms with van der Waals surface area (Å²) in [6.45, 7) is 2.87. The minimum Gasteiger partial charge on any atom is -0.481 e. The minimum absolute atomic E-state index is 0.00409. The Hall–Kier alpha value is -4.77. The van der Waals surface area contributed by atoms with Crippen LogP contribution in [0, 0.1) is 5.92 Å². The summed E-state index contributed by atoms with van der Waals surface area (Å²) in [6.07, 6.45) is -0.244. The quantitative estimate of drug-likeness (QED) is 0.0376. The van der Waals surface area contributed by atoms with Crippen molar-refractivity contribution in [2.24, 2.45) is 28.1 Å². The molecule has 0 heterocycles. The lowest BCUT2D eigenvalue weighted by molar-refractivity contribution is -0.142. The zero-order valence-corrected chi connectivity index (χ0v) is 26.0. The molecule has 0 aliphatic heterocycles. The van der Waals surface area contributed by atoms with Gasteiger partial charge in [-0.1, -0.05) is 44.2 Å². The average Bonchev–Trinajstić information content (AvgIpc) is 2.98. The van der Waals surface area contributed by atoms with Gasteiger partial charge in [0.1, 0.15) is 24.2 Å². The van der Waals surface area contributed by atoms with Gasteiger partial charge in [-0.25, -0.2) is 4.79 Å². The van der Waals surface area contributed by atoms with Crippen LogP contribution in [0.15, 0.2) is 35.3 Å². The number of nitrogens with two attached hydrogens (primary N) is 3. The second kappa shape index (κ2) is 20.3. The molecule has 0 saturated carbocycles.